The lowest BCUT2D eigenvalue weighted by atomic mass is 10.1. The number of aliphatic hydroxyl groups is 1. The second-order valence-electron chi connectivity index (χ2n) is 4.56. The first-order valence-corrected chi connectivity index (χ1v) is 6.48. The summed E-state index contributed by atoms with van der Waals surface area (Å²) in [6.07, 6.45) is 2.59. The van der Waals surface area contributed by atoms with Crippen LogP contribution in [0.2, 0.25) is 0 Å². The molecule has 0 unspecified atom stereocenters. The van der Waals surface area contributed by atoms with E-state index in [1.807, 2.05) is 31.2 Å². The van der Waals surface area contributed by atoms with Crippen molar-refractivity contribution in [2.24, 2.45) is 0 Å². The quantitative estimate of drug-likeness (QED) is 0.826. The molecular formula is C17H16O4. The van der Waals surface area contributed by atoms with Gasteiger partial charge in [0.05, 0.1) is 6.61 Å². The molecule has 0 atom stereocenters. The summed E-state index contributed by atoms with van der Waals surface area (Å²) in [5.74, 6) is 0.217. The number of aliphatic carboxylic acids is 1. The van der Waals surface area contributed by atoms with E-state index in [0.717, 1.165) is 17.2 Å². The summed E-state index contributed by atoms with van der Waals surface area (Å²) in [7, 11) is 0. The number of hydrogen-bond donors (Lipinski definition) is 2. The van der Waals surface area contributed by atoms with E-state index >= 15 is 0 Å². The molecule has 0 aromatic heterocycles. The van der Waals surface area contributed by atoms with E-state index in [2.05, 4.69) is 0 Å². The van der Waals surface area contributed by atoms with E-state index in [9.17, 15) is 9.90 Å². The maximum atomic E-state index is 10.6. The Morgan fingerprint density at radius 2 is 1.95 bits per heavy atom. The minimum atomic E-state index is -0.997. The maximum Gasteiger partial charge on any atom is 0.328 e. The Balaban J connectivity index is 2.31. The Labute approximate surface area is 122 Å². The monoisotopic (exact) mass is 284 g/mol. The van der Waals surface area contributed by atoms with Gasteiger partial charge >= 0.3 is 5.97 Å². The van der Waals surface area contributed by atoms with Crippen LogP contribution in [0.1, 0.15) is 16.7 Å². The van der Waals surface area contributed by atoms with Gasteiger partial charge in [0.1, 0.15) is 11.5 Å². The lowest BCUT2D eigenvalue weighted by Gasteiger charge is -2.12. The number of benzene rings is 2. The van der Waals surface area contributed by atoms with Gasteiger partial charge in [-0.1, -0.05) is 30.3 Å². The molecule has 0 heterocycles. The Bertz CT molecular complexity index is 674. The second-order valence-corrected chi connectivity index (χ2v) is 4.56. The molecule has 2 N–H and O–H groups in total. The molecule has 21 heavy (non-hydrogen) atoms. The predicted octanol–water partition coefficient (Wildman–Crippen LogP) is 3.38. The van der Waals surface area contributed by atoms with E-state index in [1.54, 1.807) is 18.2 Å². The van der Waals surface area contributed by atoms with Gasteiger partial charge in [-0.3, -0.25) is 0 Å². The largest absolute Gasteiger partial charge is 0.478 e. The third-order valence-corrected chi connectivity index (χ3v) is 2.99. The van der Waals surface area contributed by atoms with E-state index in [4.69, 9.17) is 9.84 Å². The van der Waals surface area contributed by atoms with Crippen molar-refractivity contribution in [3.63, 3.8) is 0 Å². The first kappa shape index (κ1) is 14.8. The summed E-state index contributed by atoms with van der Waals surface area (Å²) in [6, 6.07) is 12.7. The minimum absolute atomic E-state index is 0.103. The Morgan fingerprint density at radius 1 is 1.19 bits per heavy atom. The van der Waals surface area contributed by atoms with Crippen molar-refractivity contribution in [2.75, 3.05) is 0 Å². The predicted molar refractivity (Wildman–Crippen MR) is 80.3 cm³/mol. The number of ether oxygens (including phenoxy) is 1. The van der Waals surface area contributed by atoms with E-state index in [1.165, 1.54) is 6.08 Å². The molecule has 4 nitrogen and oxygen atoms in total. The fraction of sp³-hybridized carbons (Fsp3) is 0.118. The van der Waals surface area contributed by atoms with Gasteiger partial charge in [-0.05, 0) is 36.3 Å². The molecule has 2 aromatic carbocycles. The van der Waals surface area contributed by atoms with Crippen molar-refractivity contribution in [3.8, 4) is 11.5 Å². The molecule has 0 radical (unpaired) electrons. The summed E-state index contributed by atoms with van der Waals surface area (Å²) in [4.78, 5) is 10.6. The number of carboxylic acid groups (broad SMARTS) is 1. The Kier molecular flexibility index (Phi) is 4.74. The van der Waals surface area contributed by atoms with Gasteiger partial charge in [0.15, 0.2) is 0 Å². The fourth-order valence-corrected chi connectivity index (χ4v) is 1.85. The van der Waals surface area contributed by atoms with E-state index < -0.39 is 5.97 Å². The van der Waals surface area contributed by atoms with Crippen molar-refractivity contribution in [1.82, 2.24) is 0 Å². The smallest absolute Gasteiger partial charge is 0.328 e. The van der Waals surface area contributed by atoms with Crippen LogP contribution >= 0.6 is 0 Å². The van der Waals surface area contributed by atoms with Crippen LogP contribution in [0.5, 0.6) is 11.5 Å². The van der Waals surface area contributed by atoms with Crippen molar-refractivity contribution >= 4 is 12.0 Å². The van der Waals surface area contributed by atoms with Crippen LogP contribution in [0.15, 0.2) is 48.5 Å². The van der Waals surface area contributed by atoms with Gasteiger partial charge in [0.25, 0.3) is 0 Å². The number of para-hydroxylation sites is 1. The average Bonchev–Trinajstić information content (AvgIpc) is 2.48. The standard InChI is InChI=1S/C17H16O4/c1-12-6-7-13(8-9-17(19)20)10-16(12)21-15-5-3-2-4-14(15)11-18/h2-10,18H,11H2,1H3,(H,19,20)/b9-8+. The molecule has 0 amide bonds. The molecule has 0 fully saturated rings. The summed E-state index contributed by atoms with van der Waals surface area (Å²) in [6.45, 7) is 1.80. The first-order chi connectivity index (χ1) is 10.1. The third kappa shape index (κ3) is 3.94. The highest BCUT2D eigenvalue weighted by Gasteiger charge is 2.06. The van der Waals surface area contributed by atoms with Gasteiger partial charge in [-0.15, -0.1) is 0 Å². The van der Waals surface area contributed by atoms with Crippen LogP contribution in [-0.4, -0.2) is 16.2 Å². The zero-order chi connectivity index (χ0) is 15.2. The number of hydrogen-bond acceptors (Lipinski definition) is 3. The summed E-state index contributed by atoms with van der Waals surface area (Å²) in [5, 5.41) is 18.0. The molecule has 4 heteroatoms. The van der Waals surface area contributed by atoms with Crippen LogP contribution < -0.4 is 4.74 Å². The molecule has 0 aliphatic carbocycles. The topological polar surface area (TPSA) is 66.8 Å². The molecular weight excluding hydrogens is 268 g/mol. The fourth-order valence-electron chi connectivity index (χ4n) is 1.85. The number of carbonyl (C=O) groups is 1. The molecule has 0 spiro atoms. The van der Waals surface area contributed by atoms with Crippen LogP contribution in [0, 0.1) is 6.92 Å². The van der Waals surface area contributed by atoms with Crippen molar-refractivity contribution in [3.05, 3.63) is 65.2 Å². The van der Waals surface area contributed by atoms with Crippen LogP contribution in [-0.2, 0) is 11.4 Å². The molecule has 108 valence electrons. The molecule has 0 saturated heterocycles. The average molecular weight is 284 g/mol. The highest BCUT2D eigenvalue weighted by atomic mass is 16.5. The Hall–Kier alpha value is -2.59. The molecule has 0 saturated carbocycles. The van der Waals surface area contributed by atoms with E-state index in [-0.39, 0.29) is 6.61 Å². The van der Waals surface area contributed by atoms with Crippen LogP contribution in [0.3, 0.4) is 0 Å². The highest BCUT2D eigenvalue weighted by Crippen LogP contribution is 2.29. The summed E-state index contributed by atoms with van der Waals surface area (Å²) in [5.41, 5.74) is 2.36. The molecule has 2 aromatic rings. The molecule has 0 aliphatic rings. The molecule has 0 aliphatic heterocycles. The van der Waals surface area contributed by atoms with Crippen LogP contribution in [0.25, 0.3) is 6.08 Å². The van der Waals surface area contributed by atoms with Crippen molar-refractivity contribution in [2.45, 2.75) is 13.5 Å². The number of rotatable bonds is 5. The zero-order valence-electron chi connectivity index (χ0n) is 11.6. The van der Waals surface area contributed by atoms with Gasteiger partial charge < -0.3 is 14.9 Å². The second kappa shape index (κ2) is 6.72. The van der Waals surface area contributed by atoms with Crippen molar-refractivity contribution in [1.29, 1.82) is 0 Å². The lowest BCUT2D eigenvalue weighted by molar-refractivity contribution is -0.131. The first-order valence-electron chi connectivity index (χ1n) is 6.48. The summed E-state index contributed by atoms with van der Waals surface area (Å²) < 4.78 is 5.84. The number of aliphatic hydroxyl groups excluding tert-OH is 1. The molecule has 0 bridgehead atoms. The van der Waals surface area contributed by atoms with Crippen molar-refractivity contribution < 1.29 is 19.7 Å². The minimum Gasteiger partial charge on any atom is -0.478 e. The van der Waals surface area contributed by atoms with Gasteiger partial charge in [-0.2, -0.15) is 0 Å². The highest BCUT2D eigenvalue weighted by molar-refractivity contribution is 5.85. The van der Waals surface area contributed by atoms with E-state index in [0.29, 0.717) is 17.1 Å². The number of carboxylic acids is 1. The third-order valence-electron chi connectivity index (χ3n) is 2.99. The molecule has 2 rings (SSSR count). The van der Waals surface area contributed by atoms with Gasteiger partial charge in [-0.25, -0.2) is 4.79 Å². The number of aryl methyl sites for hydroxylation is 1. The summed E-state index contributed by atoms with van der Waals surface area (Å²) >= 11 is 0. The maximum absolute atomic E-state index is 10.6. The van der Waals surface area contributed by atoms with Crippen LogP contribution in [0.4, 0.5) is 0 Å². The Morgan fingerprint density at radius 3 is 2.67 bits per heavy atom. The zero-order valence-corrected chi connectivity index (χ0v) is 11.6. The SMILES string of the molecule is Cc1ccc(/C=C/C(=O)O)cc1Oc1ccccc1CO. The normalized spacial score (nSPS) is 10.8. The van der Waals surface area contributed by atoms with Gasteiger partial charge in [0.2, 0.25) is 0 Å². The van der Waals surface area contributed by atoms with Gasteiger partial charge in [0, 0.05) is 11.6 Å². The lowest BCUT2D eigenvalue weighted by Crippen LogP contribution is -1.93.